The van der Waals surface area contributed by atoms with Crippen molar-refractivity contribution >= 4 is 11.5 Å². The van der Waals surface area contributed by atoms with Crippen molar-refractivity contribution in [2.75, 3.05) is 6.61 Å². The van der Waals surface area contributed by atoms with Crippen LogP contribution in [0.4, 0.5) is 13.2 Å². The molecule has 6 heteroatoms. The van der Waals surface area contributed by atoms with E-state index in [0.717, 1.165) is 6.08 Å². The molecule has 0 amide bonds. The van der Waals surface area contributed by atoms with E-state index in [0.29, 0.717) is 22.7 Å². The molecule has 0 radical (unpaired) electrons. The third kappa shape index (κ3) is 4.17. The van der Waals surface area contributed by atoms with Gasteiger partial charge in [0.05, 0.1) is 18.3 Å². The first-order valence-electron chi connectivity index (χ1n) is 8.98. The molecule has 3 rings (SSSR count). The maximum Gasteiger partial charge on any atom is 0.194 e. The fraction of sp³-hybridized carbons (Fsp3) is 0.227. The van der Waals surface area contributed by atoms with Gasteiger partial charge in [-0.1, -0.05) is 26.0 Å². The fourth-order valence-corrected chi connectivity index (χ4v) is 3.09. The van der Waals surface area contributed by atoms with E-state index >= 15 is 0 Å². The molecule has 2 aromatic rings. The zero-order valence-corrected chi connectivity index (χ0v) is 15.6. The highest BCUT2D eigenvalue weighted by Crippen LogP contribution is 2.36. The summed E-state index contributed by atoms with van der Waals surface area (Å²) in [5.74, 6) is -1.07. The Morgan fingerprint density at radius 2 is 1.64 bits per heavy atom. The second kappa shape index (κ2) is 8.44. The quantitative estimate of drug-likeness (QED) is 0.715. The molecule has 0 aliphatic carbocycles. The normalized spacial score (nSPS) is 17.6. The summed E-state index contributed by atoms with van der Waals surface area (Å²) in [6.45, 7) is 3.30. The number of aliphatic imine (C=N–C) groups is 1. The van der Waals surface area contributed by atoms with Crippen LogP contribution in [0.3, 0.4) is 0 Å². The van der Waals surface area contributed by atoms with Crippen molar-refractivity contribution in [1.82, 2.24) is 4.90 Å². The minimum Gasteiger partial charge on any atom is -0.392 e. The molecule has 146 valence electrons. The molecule has 1 aliphatic rings. The highest BCUT2D eigenvalue weighted by molar-refractivity contribution is 5.93. The van der Waals surface area contributed by atoms with Gasteiger partial charge < -0.3 is 5.11 Å². The first-order valence-corrected chi connectivity index (χ1v) is 8.98. The van der Waals surface area contributed by atoms with Gasteiger partial charge in [0.25, 0.3) is 0 Å². The van der Waals surface area contributed by atoms with Gasteiger partial charge in [-0.25, -0.2) is 13.8 Å². The number of aliphatic hydroxyl groups excluding tert-OH is 1. The lowest BCUT2D eigenvalue weighted by molar-refractivity contribution is 0.302. The fourth-order valence-electron chi connectivity index (χ4n) is 3.09. The molecule has 0 aromatic heterocycles. The Balaban J connectivity index is 2.16. The van der Waals surface area contributed by atoms with Crippen molar-refractivity contribution in [3.8, 4) is 0 Å². The van der Waals surface area contributed by atoms with Crippen molar-refractivity contribution < 1.29 is 18.3 Å². The van der Waals surface area contributed by atoms with Crippen molar-refractivity contribution in [2.24, 2.45) is 10.9 Å². The minimum absolute atomic E-state index is 0.134. The van der Waals surface area contributed by atoms with Gasteiger partial charge in [-0.3, -0.25) is 4.90 Å². The van der Waals surface area contributed by atoms with E-state index in [1.54, 1.807) is 30.3 Å². The van der Waals surface area contributed by atoms with E-state index in [-0.39, 0.29) is 11.7 Å². The molecule has 0 spiro atoms. The monoisotopic (exact) mass is 386 g/mol. The van der Waals surface area contributed by atoms with Gasteiger partial charge in [0.1, 0.15) is 17.5 Å². The van der Waals surface area contributed by atoms with Crippen molar-refractivity contribution in [3.05, 3.63) is 89.4 Å². The van der Waals surface area contributed by atoms with Gasteiger partial charge in [-0.15, -0.1) is 0 Å². The smallest absolute Gasteiger partial charge is 0.194 e. The predicted molar refractivity (Wildman–Crippen MR) is 104 cm³/mol. The number of benzene rings is 2. The molecule has 0 bridgehead atoms. The molecule has 1 unspecified atom stereocenters. The minimum atomic E-state index is -0.640. The van der Waals surface area contributed by atoms with Gasteiger partial charge in [0, 0.05) is 11.5 Å². The number of halogens is 3. The Bertz CT molecular complexity index is 916. The Kier molecular flexibility index (Phi) is 5.99. The van der Waals surface area contributed by atoms with Gasteiger partial charge in [0.2, 0.25) is 0 Å². The third-order valence-electron chi connectivity index (χ3n) is 4.43. The molecule has 1 aliphatic heterocycles. The van der Waals surface area contributed by atoms with E-state index in [2.05, 4.69) is 4.99 Å². The summed E-state index contributed by atoms with van der Waals surface area (Å²) in [5.41, 5.74) is 1.93. The largest absolute Gasteiger partial charge is 0.392 e. The summed E-state index contributed by atoms with van der Waals surface area (Å²) < 4.78 is 41.6. The van der Waals surface area contributed by atoms with Crippen LogP contribution >= 0.6 is 0 Å². The number of hydrogen-bond donors (Lipinski definition) is 1. The summed E-state index contributed by atoms with van der Waals surface area (Å²) in [7, 11) is 0. The maximum absolute atomic E-state index is 14.9. The molecule has 2 aromatic carbocycles. The molecule has 1 N–H and O–H groups in total. The van der Waals surface area contributed by atoms with E-state index in [4.69, 9.17) is 5.11 Å². The van der Waals surface area contributed by atoms with Gasteiger partial charge in [0.15, 0.2) is 5.95 Å². The first kappa shape index (κ1) is 19.9. The van der Waals surface area contributed by atoms with Crippen LogP contribution in [0.5, 0.6) is 0 Å². The highest BCUT2D eigenvalue weighted by Gasteiger charge is 2.31. The van der Waals surface area contributed by atoms with Crippen LogP contribution in [0.1, 0.15) is 31.0 Å². The predicted octanol–water partition coefficient (Wildman–Crippen LogP) is 5.22. The van der Waals surface area contributed by atoms with Crippen LogP contribution in [0.25, 0.3) is 5.70 Å². The van der Waals surface area contributed by atoms with Crippen LogP contribution < -0.4 is 0 Å². The van der Waals surface area contributed by atoms with Crippen LogP contribution in [-0.4, -0.2) is 22.4 Å². The molecule has 0 fully saturated rings. The van der Waals surface area contributed by atoms with Crippen molar-refractivity contribution in [2.45, 2.75) is 19.9 Å². The van der Waals surface area contributed by atoms with E-state index in [1.807, 2.05) is 13.8 Å². The number of nitrogens with zero attached hydrogens (tertiary/aromatic N) is 2. The molecule has 1 atom stereocenters. The van der Waals surface area contributed by atoms with Crippen molar-refractivity contribution in [1.29, 1.82) is 0 Å². The van der Waals surface area contributed by atoms with E-state index < -0.39 is 24.4 Å². The Morgan fingerprint density at radius 3 is 2.18 bits per heavy atom. The molecular weight excluding hydrogens is 365 g/mol. The standard InChI is InChI=1S/C22H21F3N2O/c1-14(2)22-26-19(15-3-7-17(23)8-4-15)13-20(27(22)21(25)11-12-28)16-5-9-18(24)10-6-16/h3-11,13-14,20,28H,12H2,1-2H3. The lowest BCUT2D eigenvalue weighted by Gasteiger charge is -2.36. The van der Waals surface area contributed by atoms with Crippen LogP contribution in [0.2, 0.25) is 0 Å². The van der Waals surface area contributed by atoms with Crippen molar-refractivity contribution in [3.63, 3.8) is 0 Å². The second-order valence-electron chi connectivity index (χ2n) is 6.76. The average molecular weight is 386 g/mol. The first-order chi connectivity index (χ1) is 13.4. The number of hydrogen-bond acceptors (Lipinski definition) is 3. The maximum atomic E-state index is 14.9. The summed E-state index contributed by atoms with van der Waals surface area (Å²) in [5, 5.41) is 9.16. The number of rotatable bonds is 5. The molecule has 0 saturated heterocycles. The molecule has 1 heterocycles. The van der Waals surface area contributed by atoms with Crippen LogP contribution in [0, 0.1) is 17.6 Å². The summed E-state index contributed by atoms with van der Waals surface area (Å²) in [4.78, 5) is 5.99. The second-order valence-corrected chi connectivity index (χ2v) is 6.76. The van der Waals surface area contributed by atoms with E-state index in [1.165, 1.54) is 29.2 Å². The van der Waals surface area contributed by atoms with Gasteiger partial charge >= 0.3 is 0 Å². The topological polar surface area (TPSA) is 35.8 Å². The van der Waals surface area contributed by atoms with Crippen LogP contribution in [-0.2, 0) is 0 Å². The zero-order chi connectivity index (χ0) is 20.3. The Morgan fingerprint density at radius 1 is 1.07 bits per heavy atom. The molecule has 28 heavy (non-hydrogen) atoms. The summed E-state index contributed by atoms with van der Waals surface area (Å²) >= 11 is 0. The van der Waals surface area contributed by atoms with E-state index in [9.17, 15) is 13.2 Å². The highest BCUT2D eigenvalue weighted by atomic mass is 19.1. The molecular formula is C22H21F3N2O. The summed E-state index contributed by atoms with van der Waals surface area (Å²) in [6, 6.07) is 11.1. The third-order valence-corrected chi connectivity index (χ3v) is 4.43. The Hall–Kier alpha value is -2.86. The number of amidine groups is 1. The summed E-state index contributed by atoms with van der Waals surface area (Å²) in [6.07, 6.45) is 2.81. The number of aliphatic hydroxyl groups is 1. The van der Waals surface area contributed by atoms with Gasteiger partial charge in [-0.2, -0.15) is 4.39 Å². The molecule has 3 nitrogen and oxygen atoms in total. The van der Waals surface area contributed by atoms with Gasteiger partial charge in [-0.05, 0) is 54.1 Å². The zero-order valence-electron chi connectivity index (χ0n) is 15.6. The van der Waals surface area contributed by atoms with Crippen LogP contribution in [0.15, 0.2) is 71.6 Å². The lowest BCUT2D eigenvalue weighted by Crippen LogP contribution is -2.37. The SMILES string of the molecule is CC(C)C1=NC(c2ccc(F)cc2)=CC(c2ccc(F)cc2)N1C(F)=CCO. The lowest BCUT2D eigenvalue weighted by atomic mass is 9.97. The Labute approximate surface area is 162 Å². The average Bonchev–Trinajstić information content (AvgIpc) is 2.68. The molecule has 0 saturated carbocycles.